The van der Waals surface area contributed by atoms with Crippen molar-refractivity contribution in [2.75, 3.05) is 13.1 Å². The summed E-state index contributed by atoms with van der Waals surface area (Å²) in [4.78, 5) is 16.2. The quantitative estimate of drug-likeness (QED) is 0.814. The van der Waals surface area contributed by atoms with Crippen LogP contribution in [0.4, 0.5) is 0 Å². The highest BCUT2D eigenvalue weighted by Gasteiger charge is 2.30. The van der Waals surface area contributed by atoms with Gasteiger partial charge in [0.2, 0.25) is 0 Å². The van der Waals surface area contributed by atoms with Crippen molar-refractivity contribution in [2.45, 2.75) is 6.54 Å². The number of hydrogen-bond donors (Lipinski definition) is 0. The van der Waals surface area contributed by atoms with Crippen molar-refractivity contribution in [1.82, 2.24) is 9.80 Å². The van der Waals surface area contributed by atoms with Crippen molar-refractivity contribution in [3.8, 4) is 0 Å². The summed E-state index contributed by atoms with van der Waals surface area (Å²) in [5.41, 5.74) is 1.88. The first-order valence-corrected chi connectivity index (χ1v) is 7.36. The number of thiocarbonyl (C=S) groups is 1. The zero-order chi connectivity index (χ0) is 14.7. The Labute approximate surface area is 129 Å². The number of carbonyl (C=O) groups is 1. The molecule has 0 saturated carbocycles. The van der Waals surface area contributed by atoms with E-state index in [0.29, 0.717) is 17.2 Å². The third kappa shape index (κ3) is 2.95. The highest BCUT2D eigenvalue weighted by molar-refractivity contribution is 7.80. The summed E-state index contributed by atoms with van der Waals surface area (Å²) in [6.07, 6.45) is 0. The molecule has 2 aromatic rings. The predicted molar refractivity (Wildman–Crippen MR) is 86.9 cm³/mol. The minimum atomic E-state index is -0.0174. The van der Waals surface area contributed by atoms with Gasteiger partial charge in [0.25, 0.3) is 5.91 Å². The van der Waals surface area contributed by atoms with Crippen molar-refractivity contribution >= 4 is 23.2 Å². The first-order chi connectivity index (χ1) is 10.3. The number of nitrogens with zero attached hydrogens (tertiary/aromatic N) is 2. The Morgan fingerprint density at radius 2 is 1.57 bits per heavy atom. The molecular formula is C17H16N2OS. The lowest BCUT2D eigenvalue weighted by Gasteiger charge is -2.20. The third-order valence-electron chi connectivity index (χ3n) is 3.58. The summed E-state index contributed by atoms with van der Waals surface area (Å²) in [6.45, 7) is 2.18. The minimum absolute atomic E-state index is 0.0174. The summed E-state index contributed by atoms with van der Waals surface area (Å²) < 4.78 is 0. The van der Waals surface area contributed by atoms with Crippen LogP contribution in [0.15, 0.2) is 60.7 Å². The zero-order valence-corrected chi connectivity index (χ0v) is 12.4. The van der Waals surface area contributed by atoms with E-state index in [9.17, 15) is 4.79 Å². The zero-order valence-electron chi connectivity index (χ0n) is 11.6. The fourth-order valence-corrected chi connectivity index (χ4v) is 2.79. The minimum Gasteiger partial charge on any atom is -0.343 e. The Balaban J connectivity index is 1.71. The van der Waals surface area contributed by atoms with E-state index < -0.39 is 0 Å². The molecule has 3 rings (SSSR count). The number of hydrogen-bond acceptors (Lipinski definition) is 2. The summed E-state index contributed by atoms with van der Waals surface area (Å²) in [6, 6.07) is 19.5. The lowest BCUT2D eigenvalue weighted by molar-refractivity contribution is 0.0861. The van der Waals surface area contributed by atoms with E-state index in [1.54, 1.807) is 4.90 Å². The van der Waals surface area contributed by atoms with Crippen LogP contribution in [0.25, 0.3) is 0 Å². The van der Waals surface area contributed by atoms with Crippen molar-refractivity contribution in [3.63, 3.8) is 0 Å². The van der Waals surface area contributed by atoms with E-state index in [2.05, 4.69) is 17.0 Å². The topological polar surface area (TPSA) is 23.6 Å². The fourth-order valence-electron chi connectivity index (χ4n) is 2.46. The molecule has 1 amide bonds. The number of benzene rings is 2. The molecule has 4 heteroatoms. The Hall–Kier alpha value is -2.20. The van der Waals surface area contributed by atoms with Crippen molar-refractivity contribution in [1.29, 1.82) is 0 Å². The van der Waals surface area contributed by atoms with E-state index in [0.717, 1.165) is 13.1 Å². The van der Waals surface area contributed by atoms with E-state index in [1.165, 1.54) is 5.56 Å². The van der Waals surface area contributed by atoms with Crippen LogP contribution in [0.2, 0.25) is 0 Å². The lowest BCUT2D eigenvalue weighted by Crippen LogP contribution is -2.35. The summed E-state index contributed by atoms with van der Waals surface area (Å²) >= 11 is 5.47. The van der Waals surface area contributed by atoms with Gasteiger partial charge in [-0.15, -0.1) is 0 Å². The largest absolute Gasteiger partial charge is 0.343 e. The maximum absolute atomic E-state index is 12.5. The normalized spacial score (nSPS) is 14.6. The summed E-state index contributed by atoms with van der Waals surface area (Å²) in [5.74, 6) is -0.0174. The second-order valence-corrected chi connectivity index (χ2v) is 5.38. The molecule has 1 aliphatic rings. The van der Waals surface area contributed by atoms with Crippen molar-refractivity contribution < 1.29 is 4.79 Å². The van der Waals surface area contributed by atoms with Crippen LogP contribution in [0, 0.1) is 0 Å². The van der Waals surface area contributed by atoms with Gasteiger partial charge in [-0.1, -0.05) is 48.5 Å². The second kappa shape index (κ2) is 6.06. The van der Waals surface area contributed by atoms with Crippen molar-refractivity contribution in [2.24, 2.45) is 0 Å². The molecule has 0 aliphatic carbocycles. The molecule has 0 bridgehead atoms. The molecule has 2 aromatic carbocycles. The lowest BCUT2D eigenvalue weighted by atomic mass is 10.2. The average molecular weight is 296 g/mol. The molecule has 106 valence electrons. The maximum Gasteiger partial charge on any atom is 0.260 e. The second-order valence-electron chi connectivity index (χ2n) is 5.01. The third-order valence-corrected chi connectivity index (χ3v) is 4.06. The Morgan fingerprint density at radius 3 is 2.24 bits per heavy atom. The summed E-state index contributed by atoms with van der Waals surface area (Å²) in [7, 11) is 0. The van der Waals surface area contributed by atoms with Gasteiger partial charge in [-0.05, 0) is 29.9 Å². The molecule has 0 N–H and O–H groups in total. The molecular weight excluding hydrogens is 280 g/mol. The van der Waals surface area contributed by atoms with Gasteiger partial charge in [0.15, 0.2) is 5.11 Å². The van der Waals surface area contributed by atoms with Crippen LogP contribution in [0.5, 0.6) is 0 Å². The monoisotopic (exact) mass is 296 g/mol. The maximum atomic E-state index is 12.5. The number of rotatable bonds is 3. The SMILES string of the molecule is O=C(c1ccccc1)N1CCN(Cc2ccccc2)C1=S. The smallest absolute Gasteiger partial charge is 0.260 e. The Bertz CT molecular complexity index is 642. The molecule has 0 atom stereocenters. The molecule has 1 fully saturated rings. The van der Waals surface area contributed by atoms with Crippen LogP contribution in [-0.4, -0.2) is 33.9 Å². The molecule has 3 nitrogen and oxygen atoms in total. The Morgan fingerprint density at radius 1 is 0.952 bits per heavy atom. The number of carbonyl (C=O) groups excluding carboxylic acids is 1. The van der Waals surface area contributed by atoms with Gasteiger partial charge in [-0.25, -0.2) is 0 Å². The predicted octanol–water partition coefficient (Wildman–Crippen LogP) is 2.93. The molecule has 1 heterocycles. The Kier molecular flexibility index (Phi) is 3.97. The van der Waals surface area contributed by atoms with Crippen LogP contribution >= 0.6 is 12.2 Å². The highest BCUT2D eigenvalue weighted by Crippen LogP contribution is 2.16. The first kappa shape index (κ1) is 13.8. The van der Waals surface area contributed by atoms with Gasteiger partial charge < -0.3 is 4.90 Å². The van der Waals surface area contributed by atoms with Crippen molar-refractivity contribution in [3.05, 3.63) is 71.8 Å². The number of amides is 1. The van der Waals surface area contributed by atoms with E-state index >= 15 is 0 Å². The molecule has 1 aliphatic heterocycles. The summed E-state index contributed by atoms with van der Waals surface area (Å²) in [5, 5.41) is 0.618. The molecule has 1 saturated heterocycles. The molecule has 0 unspecified atom stereocenters. The molecule has 21 heavy (non-hydrogen) atoms. The first-order valence-electron chi connectivity index (χ1n) is 6.95. The average Bonchev–Trinajstić information content (AvgIpc) is 2.89. The van der Waals surface area contributed by atoms with Crippen LogP contribution in [0.1, 0.15) is 15.9 Å². The molecule has 0 radical (unpaired) electrons. The standard InChI is InChI=1S/C17H16N2OS/c20-16(15-9-5-2-6-10-15)19-12-11-18(17(19)21)13-14-7-3-1-4-8-14/h1-10H,11-13H2. The van der Waals surface area contributed by atoms with Crippen LogP contribution in [0.3, 0.4) is 0 Å². The van der Waals surface area contributed by atoms with E-state index in [-0.39, 0.29) is 5.91 Å². The van der Waals surface area contributed by atoms with Gasteiger partial charge in [-0.2, -0.15) is 0 Å². The highest BCUT2D eigenvalue weighted by atomic mass is 32.1. The fraction of sp³-hybridized carbons (Fsp3) is 0.176. The molecule has 0 aromatic heterocycles. The van der Waals surface area contributed by atoms with Crippen LogP contribution < -0.4 is 0 Å². The van der Waals surface area contributed by atoms with Gasteiger partial charge in [-0.3, -0.25) is 9.69 Å². The van der Waals surface area contributed by atoms with E-state index in [1.807, 2.05) is 48.5 Å². The van der Waals surface area contributed by atoms with Crippen LogP contribution in [-0.2, 0) is 6.54 Å². The van der Waals surface area contributed by atoms with Gasteiger partial charge in [0.1, 0.15) is 0 Å². The van der Waals surface area contributed by atoms with Gasteiger partial charge in [0, 0.05) is 25.2 Å². The van der Waals surface area contributed by atoms with Gasteiger partial charge in [0.05, 0.1) is 0 Å². The van der Waals surface area contributed by atoms with Gasteiger partial charge >= 0.3 is 0 Å². The van der Waals surface area contributed by atoms with E-state index in [4.69, 9.17) is 12.2 Å². The molecule has 0 spiro atoms.